The van der Waals surface area contributed by atoms with E-state index in [2.05, 4.69) is 0 Å². The molecule has 0 aromatic heterocycles. The highest BCUT2D eigenvalue weighted by Crippen LogP contribution is 2.61. The minimum Gasteiger partial charge on any atom is -0.299 e. The first kappa shape index (κ1) is 16.2. The van der Waals surface area contributed by atoms with Crippen LogP contribution in [0.2, 0.25) is 0 Å². The summed E-state index contributed by atoms with van der Waals surface area (Å²) in [6.45, 7) is 0.262. The van der Waals surface area contributed by atoms with Gasteiger partial charge in [0.25, 0.3) is 5.92 Å². The Bertz CT molecular complexity index is 413. The van der Waals surface area contributed by atoms with Gasteiger partial charge in [0.1, 0.15) is 11.7 Å². The number of alkyl halides is 5. The minimum atomic E-state index is -5.05. The van der Waals surface area contributed by atoms with Gasteiger partial charge in [0, 0.05) is 11.8 Å². The fourth-order valence-corrected chi connectivity index (χ4v) is 5.44. The summed E-state index contributed by atoms with van der Waals surface area (Å²) in [5.41, 5.74) is -0.747. The highest BCUT2D eigenvalue weighted by molar-refractivity contribution is 5.85. The molecule has 4 rings (SSSR count). The Kier molecular flexibility index (Phi) is 3.61. The van der Waals surface area contributed by atoms with Gasteiger partial charge < -0.3 is 0 Å². The van der Waals surface area contributed by atoms with Crippen LogP contribution in [0.15, 0.2) is 0 Å². The van der Waals surface area contributed by atoms with Crippen LogP contribution in [0.5, 0.6) is 0 Å². The van der Waals surface area contributed by atoms with Crippen LogP contribution in [0, 0.1) is 29.1 Å². The number of rotatable bonds is 4. The van der Waals surface area contributed by atoms with E-state index in [0.717, 1.165) is 19.3 Å². The molecule has 126 valence electrons. The van der Waals surface area contributed by atoms with Crippen LogP contribution < -0.4 is 0 Å². The van der Waals surface area contributed by atoms with Gasteiger partial charge in [-0.2, -0.15) is 13.2 Å². The van der Waals surface area contributed by atoms with Crippen LogP contribution in [0.1, 0.15) is 51.9 Å². The number of carbonyl (C=O) groups excluding carboxylic acids is 1. The van der Waals surface area contributed by atoms with Crippen LogP contribution >= 0.6 is 0 Å². The van der Waals surface area contributed by atoms with Crippen LogP contribution in [0.4, 0.5) is 22.0 Å². The Morgan fingerprint density at radius 1 is 1.00 bits per heavy atom. The van der Waals surface area contributed by atoms with Gasteiger partial charge in [0.05, 0.1) is 0 Å². The molecule has 0 radical (unpaired) electrons. The monoisotopic (exact) mass is 324 g/mol. The first-order chi connectivity index (χ1) is 9.99. The quantitative estimate of drug-likeness (QED) is 0.665. The van der Waals surface area contributed by atoms with E-state index in [4.69, 9.17) is 0 Å². The number of hydrogen-bond donors (Lipinski definition) is 0. The molecule has 4 fully saturated rings. The molecule has 0 aromatic rings. The van der Waals surface area contributed by atoms with Crippen molar-refractivity contribution in [2.75, 3.05) is 0 Å². The highest BCUT2D eigenvalue weighted by Gasteiger charge is 2.58. The number of hydrogen-bond acceptors (Lipinski definition) is 1. The molecule has 0 saturated heterocycles. The molecule has 0 aromatic carbocycles. The SMILES string of the molecule is CC(F)(F)C(CC(=O)C12CC3CC(CC(C3)C1)C2)C(F)(F)F. The lowest BCUT2D eigenvalue weighted by Gasteiger charge is -2.56. The molecule has 6 heteroatoms. The van der Waals surface area contributed by atoms with Crippen molar-refractivity contribution in [1.29, 1.82) is 0 Å². The second-order valence-corrected chi connectivity index (χ2v) is 7.88. The largest absolute Gasteiger partial charge is 0.397 e. The van der Waals surface area contributed by atoms with Gasteiger partial charge in [-0.3, -0.25) is 4.79 Å². The number of ketones is 1. The first-order valence-corrected chi connectivity index (χ1v) is 7.97. The molecule has 0 aliphatic heterocycles. The molecule has 0 N–H and O–H groups in total. The fraction of sp³-hybridized carbons (Fsp3) is 0.938. The molecule has 0 heterocycles. The summed E-state index contributed by atoms with van der Waals surface area (Å²) in [6, 6.07) is 0. The van der Waals surface area contributed by atoms with Crippen molar-refractivity contribution in [2.24, 2.45) is 29.1 Å². The van der Waals surface area contributed by atoms with Gasteiger partial charge in [-0.25, -0.2) is 8.78 Å². The van der Waals surface area contributed by atoms with Crippen molar-refractivity contribution < 1.29 is 26.7 Å². The molecule has 4 saturated carbocycles. The molecule has 1 atom stereocenters. The average molecular weight is 324 g/mol. The second kappa shape index (κ2) is 4.91. The van der Waals surface area contributed by atoms with Crippen molar-refractivity contribution in [3.05, 3.63) is 0 Å². The Morgan fingerprint density at radius 2 is 1.41 bits per heavy atom. The minimum absolute atomic E-state index is 0.262. The normalized spacial score (nSPS) is 39.1. The molecule has 1 unspecified atom stereocenters. The summed E-state index contributed by atoms with van der Waals surface area (Å²) in [7, 11) is 0. The average Bonchev–Trinajstić information content (AvgIpc) is 2.30. The third-order valence-corrected chi connectivity index (χ3v) is 6.03. The Morgan fingerprint density at radius 3 is 1.73 bits per heavy atom. The van der Waals surface area contributed by atoms with E-state index in [0.29, 0.717) is 37.0 Å². The van der Waals surface area contributed by atoms with Crippen LogP contribution in [0.3, 0.4) is 0 Å². The molecular formula is C16H21F5O. The van der Waals surface area contributed by atoms with Gasteiger partial charge in [-0.05, 0) is 63.2 Å². The third-order valence-electron chi connectivity index (χ3n) is 6.03. The van der Waals surface area contributed by atoms with Crippen molar-refractivity contribution in [1.82, 2.24) is 0 Å². The van der Waals surface area contributed by atoms with E-state index in [1.54, 1.807) is 0 Å². The van der Waals surface area contributed by atoms with Crippen molar-refractivity contribution in [3.8, 4) is 0 Å². The molecule has 22 heavy (non-hydrogen) atoms. The molecule has 4 aliphatic rings. The summed E-state index contributed by atoms with van der Waals surface area (Å²) in [6.07, 6.45) is -1.13. The van der Waals surface area contributed by atoms with Gasteiger partial charge in [0.15, 0.2) is 0 Å². The molecule has 0 amide bonds. The zero-order valence-corrected chi connectivity index (χ0v) is 12.6. The van der Waals surface area contributed by atoms with Gasteiger partial charge in [-0.15, -0.1) is 0 Å². The summed E-state index contributed by atoms with van der Waals surface area (Å²) in [5, 5.41) is 0. The van der Waals surface area contributed by atoms with E-state index in [-0.39, 0.29) is 6.92 Å². The maximum Gasteiger partial charge on any atom is 0.397 e. The van der Waals surface area contributed by atoms with Gasteiger partial charge in [-0.1, -0.05) is 0 Å². The predicted octanol–water partition coefficient (Wildman–Crippen LogP) is 5.00. The van der Waals surface area contributed by atoms with E-state index in [9.17, 15) is 26.7 Å². The van der Waals surface area contributed by atoms with E-state index in [1.807, 2.05) is 0 Å². The second-order valence-electron chi connectivity index (χ2n) is 7.88. The lowest BCUT2D eigenvalue weighted by Crippen LogP contribution is -2.51. The summed E-state index contributed by atoms with van der Waals surface area (Å²) < 4.78 is 65.4. The Hall–Kier alpha value is -0.680. The maximum atomic E-state index is 13.3. The van der Waals surface area contributed by atoms with E-state index >= 15 is 0 Å². The lowest BCUT2D eigenvalue weighted by molar-refractivity contribution is -0.237. The van der Waals surface area contributed by atoms with Crippen LogP contribution in [-0.4, -0.2) is 17.9 Å². The van der Waals surface area contributed by atoms with Gasteiger partial charge in [0.2, 0.25) is 0 Å². The molecular weight excluding hydrogens is 303 g/mol. The Labute approximate surface area is 126 Å². The summed E-state index contributed by atoms with van der Waals surface area (Å²) >= 11 is 0. The molecule has 4 bridgehead atoms. The molecule has 1 nitrogen and oxygen atoms in total. The standard InChI is InChI=1S/C16H21F5O/c1-14(17,18)12(16(19,20)21)5-13(22)15-6-9-2-10(7-15)4-11(3-9)8-15/h9-12H,2-8H2,1H3. The van der Waals surface area contributed by atoms with Crippen molar-refractivity contribution in [2.45, 2.75) is 64.0 Å². The van der Waals surface area contributed by atoms with Gasteiger partial charge >= 0.3 is 6.18 Å². The number of halogens is 5. The predicted molar refractivity (Wildman–Crippen MR) is 70.4 cm³/mol. The third kappa shape index (κ3) is 2.78. The topological polar surface area (TPSA) is 17.1 Å². The summed E-state index contributed by atoms with van der Waals surface area (Å²) in [5.74, 6) is -6.14. The van der Waals surface area contributed by atoms with E-state index in [1.165, 1.54) is 0 Å². The zero-order valence-electron chi connectivity index (χ0n) is 12.6. The molecule has 0 spiro atoms. The maximum absolute atomic E-state index is 13.3. The van der Waals surface area contributed by atoms with Crippen molar-refractivity contribution in [3.63, 3.8) is 0 Å². The van der Waals surface area contributed by atoms with E-state index < -0.39 is 35.6 Å². The Balaban J connectivity index is 1.79. The molecule has 4 aliphatic carbocycles. The fourth-order valence-electron chi connectivity index (χ4n) is 5.44. The summed E-state index contributed by atoms with van der Waals surface area (Å²) in [4.78, 5) is 12.6. The smallest absolute Gasteiger partial charge is 0.299 e. The van der Waals surface area contributed by atoms with Crippen molar-refractivity contribution >= 4 is 5.78 Å². The highest BCUT2D eigenvalue weighted by atomic mass is 19.4. The number of Topliss-reactive ketones (excluding diaryl/α,β-unsaturated/α-hetero) is 1. The van der Waals surface area contributed by atoms with Crippen LogP contribution in [0.25, 0.3) is 0 Å². The first-order valence-electron chi connectivity index (χ1n) is 7.97. The zero-order chi connectivity index (χ0) is 16.3. The lowest BCUT2D eigenvalue weighted by atomic mass is 9.48. The number of carbonyl (C=O) groups is 1. The van der Waals surface area contributed by atoms with Crippen LogP contribution in [-0.2, 0) is 4.79 Å².